The van der Waals surface area contributed by atoms with Gasteiger partial charge in [-0.1, -0.05) is 6.92 Å². The van der Waals surface area contributed by atoms with E-state index in [4.69, 9.17) is 5.73 Å². The molecule has 1 heterocycles. The van der Waals surface area contributed by atoms with Crippen molar-refractivity contribution in [3.05, 3.63) is 0 Å². The smallest absolute Gasteiger partial charge is 0.0349 e. The molecule has 2 atom stereocenters. The minimum absolute atomic E-state index is 0.566. The van der Waals surface area contributed by atoms with Crippen LogP contribution in [-0.4, -0.2) is 55.1 Å². The van der Waals surface area contributed by atoms with Crippen molar-refractivity contribution < 1.29 is 0 Å². The van der Waals surface area contributed by atoms with E-state index < -0.39 is 0 Å². The summed E-state index contributed by atoms with van der Waals surface area (Å²) >= 11 is 0. The van der Waals surface area contributed by atoms with E-state index in [1.165, 1.54) is 25.9 Å². The Morgan fingerprint density at radius 1 is 1.40 bits per heavy atom. The average Bonchev–Trinajstić information content (AvgIpc) is 2.96. The van der Waals surface area contributed by atoms with Crippen molar-refractivity contribution >= 4 is 0 Å². The number of nitrogens with two attached hydrogens (primary N) is 1. The van der Waals surface area contributed by atoms with Gasteiger partial charge >= 0.3 is 0 Å². The van der Waals surface area contributed by atoms with Gasteiger partial charge < -0.3 is 10.6 Å². The second-order valence-electron chi connectivity index (χ2n) is 5.72. The Morgan fingerprint density at radius 2 is 2.07 bits per heavy atom. The first kappa shape index (κ1) is 11.4. The molecular formula is C12H25N3. The molecule has 2 rings (SSSR count). The standard InChI is InChI=1S/C12H25N3/c1-10(12(2)4-5-12)15-7-6-14(3)9-11(15)8-13/h10-11H,4-9,13H2,1-3H3. The highest BCUT2D eigenvalue weighted by Gasteiger charge is 2.46. The van der Waals surface area contributed by atoms with Crippen molar-refractivity contribution in [2.24, 2.45) is 11.1 Å². The van der Waals surface area contributed by atoms with E-state index in [-0.39, 0.29) is 0 Å². The van der Waals surface area contributed by atoms with Gasteiger partial charge in [0.05, 0.1) is 0 Å². The van der Waals surface area contributed by atoms with Gasteiger partial charge in [-0.05, 0) is 32.2 Å². The van der Waals surface area contributed by atoms with Gasteiger partial charge in [-0.3, -0.25) is 4.90 Å². The lowest BCUT2D eigenvalue weighted by Crippen LogP contribution is -2.59. The molecule has 0 bridgehead atoms. The first-order valence-electron chi connectivity index (χ1n) is 6.21. The summed E-state index contributed by atoms with van der Waals surface area (Å²) in [5, 5.41) is 0. The molecule has 3 heteroatoms. The molecule has 2 fully saturated rings. The monoisotopic (exact) mass is 211 g/mol. The molecule has 0 aromatic rings. The van der Waals surface area contributed by atoms with E-state index in [0.717, 1.165) is 13.1 Å². The first-order chi connectivity index (χ1) is 7.07. The number of likely N-dealkylation sites (N-methyl/N-ethyl adjacent to an activating group) is 1. The first-order valence-corrected chi connectivity index (χ1v) is 6.21. The van der Waals surface area contributed by atoms with Crippen molar-refractivity contribution in [1.29, 1.82) is 0 Å². The SMILES string of the molecule is CC(N1CCN(C)CC1CN)C1(C)CC1. The molecule has 0 amide bonds. The molecule has 88 valence electrons. The summed E-state index contributed by atoms with van der Waals surface area (Å²) in [7, 11) is 2.20. The zero-order valence-corrected chi connectivity index (χ0v) is 10.4. The van der Waals surface area contributed by atoms with Crippen LogP contribution in [0.1, 0.15) is 26.7 Å². The van der Waals surface area contributed by atoms with Gasteiger partial charge in [-0.2, -0.15) is 0 Å². The summed E-state index contributed by atoms with van der Waals surface area (Å²) in [5.41, 5.74) is 6.48. The van der Waals surface area contributed by atoms with Crippen LogP contribution in [0.4, 0.5) is 0 Å². The van der Waals surface area contributed by atoms with Crippen molar-refractivity contribution in [3.63, 3.8) is 0 Å². The molecule has 1 saturated heterocycles. The molecule has 15 heavy (non-hydrogen) atoms. The van der Waals surface area contributed by atoms with Gasteiger partial charge in [-0.25, -0.2) is 0 Å². The van der Waals surface area contributed by atoms with Crippen LogP contribution in [0.5, 0.6) is 0 Å². The average molecular weight is 211 g/mol. The Balaban J connectivity index is 2.00. The summed E-state index contributed by atoms with van der Waals surface area (Å²) in [6, 6.07) is 1.27. The van der Waals surface area contributed by atoms with Gasteiger partial charge in [0.1, 0.15) is 0 Å². The summed E-state index contributed by atoms with van der Waals surface area (Å²) in [5.74, 6) is 0. The van der Waals surface area contributed by atoms with Crippen LogP contribution in [0.2, 0.25) is 0 Å². The van der Waals surface area contributed by atoms with Gasteiger partial charge in [0.15, 0.2) is 0 Å². The highest BCUT2D eigenvalue weighted by Crippen LogP contribution is 2.50. The summed E-state index contributed by atoms with van der Waals surface area (Å²) < 4.78 is 0. The van der Waals surface area contributed by atoms with Crippen LogP contribution in [0.25, 0.3) is 0 Å². The third-order valence-electron chi connectivity index (χ3n) is 4.55. The lowest BCUT2D eigenvalue weighted by atomic mass is 9.96. The molecule has 0 aromatic heterocycles. The molecule has 0 aromatic carbocycles. The van der Waals surface area contributed by atoms with Crippen molar-refractivity contribution in [2.75, 3.05) is 33.2 Å². The Bertz CT molecular complexity index is 225. The number of hydrogen-bond donors (Lipinski definition) is 1. The third kappa shape index (κ3) is 2.19. The van der Waals surface area contributed by atoms with Crippen LogP contribution >= 0.6 is 0 Å². The minimum atomic E-state index is 0.566. The number of hydrogen-bond acceptors (Lipinski definition) is 3. The summed E-state index contributed by atoms with van der Waals surface area (Å²) in [4.78, 5) is 5.04. The van der Waals surface area contributed by atoms with Crippen LogP contribution in [-0.2, 0) is 0 Å². The molecule has 0 spiro atoms. The second-order valence-corrected chi connectivity index (χ2v) is 5.72. The predicted molar refractivity (Wildman–Crippen MR) is 63.8 cm³/mol. The van der Waals surface area contributed by atoms with Gasteiger partial charge in [0.2, 0.25) is 0 Å². The molecule has 3 nitrogen and oxygen atoms in total. The van der Waals surface area contributed by atoms with E-state index in [1.54, 1.807) is 0 Å². The van der Waals surface area contributed by atoms with E-state index in [0.29, 0.717) is 17.5 Å². The fourth-order valence-corrected chi connectivity index (χ4v) is 2.76. The van der Waals surface area contributed by atoms with E-state index in [1.807, 2.05) is 0 Å². The van der Waals surface area contributed by atoms with E-state index >= 15 is 0 Å². The molecule has 2 N–H and O–H groups in total. The molecule has 2 unspecified atom stereocenters. The number of nitrogens with zero attached hydrogens (tertiary/aromatic N) is 2. The Hall–Kier alpha value is -0.120. The maximum absolute atomic E-state index is 5.89. The lowest BCUT2D eigenvalue weighted by molar-refractivity contribution is 0.0367. The van der Waals surface area contributed by atoms with Crippen LogP contribution in [0.3, 0.4) is 0 Å². The molecule has 1 aliphatic carbocycles. The summed E-state index contributed by atoms with van der Waals surface area (Å²) in [6.07, 6.45) is 2.80. The number of piperazine rings is 1. The van der Waals surface area contributed by atoms with Gasteiger partial charge in [0, 0.05) is 38.3 Å². The maximum Gasteiger partial charge on any atom is 0.0349 e. The molecule has 1 aliphatic heterocycles. The Morgan fingerprint density at radius 3 is 2.60 bits per heavy atom. The lowest BCUT2D eigenvalue weighted by Gasteiger charge is -2.45. The van der Waals surface area contributed by atoms with Gasteiger partial charge in [-0.15, -0.1) is 0 Å². The van der Waals surface area contributed by atoms with Crippen molar-refractivity contribution in [2.45, 2.75) is 38.8 Å². The van der Waals surface area contributed by atoms with Crippen LogP contribution < -0.4 is 5.73 Å². The predicted octanol–water partition coefficient (Wildman–Crippen LogP) is 0.750. The fourth-order valence-electron chi connectivity index (χ4n) is 2.76. The molecule has 1 saturated carbocycles. The zero-order chi connectivity index (χ0) is 11.1. The zero-order valence-electron chi connectivity index (χ0n) is 10.4. The highest BCUT2D eigenvalue weighted by molar-refractivity contribution is 5.00. The second kappa shape index (κ2) is 4.04. The van der Waals surface area contributed by atoms with E-state index in [9.17, 15) is 0 Å². The third-order valence-corrected chi connectivity index (χ3v) is 4.55. The Labute approximate surface area is 93.6 Å². The molecular weight excluding hydrogens is 186 g/mol. The van der Waals surface area contributed by atoms with Gasteiger partial charge in [0.25, 0.3) is 0 Å². The summed E-state index contributed by atoms with van der Waals surface area (Å²) in [6.45, 7) is 9.12. The van der Waals surface area contributed by atoms with Crippen molar-refractivity contribution in [3.8, 4) is 0 Å². The highest BCUT2D eigenvalue weighted by atomic mass is 15.3. The fraction of sp³-hybridized carbons (Fsp3) is 1.00. The normalized spacial score (nSPS) is 34.0. The topological polar surface area (TPSA) is 32.5 Å². The minimum Gasteiger partial charge on any atom is -0.329 e. The van der Waals surface area contributed by atoms with Crippen LogP contribution in [0.15, 0.2) is 0 Å². The van der Waals surface area contributed by atoms with Crippen molar-refractivity contribution in [1.82, 2.24) is 9.80 Å². The Kier molecular flexibility index (Phi) is 3.06. The maximum atomic E-state index is 5.89. The van der Waals surface area contributed by atoms with E-state index in [2.05, 4.69) is 30.7 Å². The number of rotatable bonds is 3. The largest absolute Gasteiger partial charge is 0.329 e. The van der Waals surface area contributed by atoms with Crippen LogP contribution in [0, 0.1) is 5.41 Å². The molecule has 2 aliphatic rings. The molecule has 0 radical (unpaired) electrons. The quantitative estimate of drug-likeness (QED) is 0.748.